The minimum atomic E-state index is 0.705. The summed E-state index contributed by atoms with van der Waals surface area (Å²) in [6.07, 6.45) is 1.61. The van der Waals surface area contributed by atoms with Crippen LogP contribution < -0.4 is 0 Å². The van der Waals surface area contributed by atoms with Crippen LogP contribution in [0.5, 0.6) is 0 Å². The monoisotopic (exact) mass is 170 g/mol. The van der Waals surface area contributed by atoms with E-state index in [9.17, 15) is 0 Å². The molecular formula is C6H6N2S2. The fourth-order valence-corrected chi connectivity index (χ4v) is 2.20. The fourth-order valence-electron chi connectivity index (χ4n) is 0.539. The van der Waals surface area contributed by atoms with Crippen molar-refractivity contribution in [2.24, 2.45) is 0 Å². The van der Waals surface area contributed by atoms with Gasteiger partial charge in [0.1, 0.15) is 6.07 Å². The molecule has 1 aromatic rings. The molecule has 10 heavy (non-hydrogen) atoms. The van der Waals surface area contributed by atoms with E-state index in [2.05, 4.69) is 17.4 Å². The van der Waals surface area contributed by atoms with Crippen LogP contribution in [0.1, 0.15) is 12.5 Å². The second-order valence-corrected chi connectivity index (χ2v) is 3.91. The first-order valence-electron chi connectivity index (χ1n) is 2.86. The van der Waals surface area contributed by atoms with Crippen LogP contribution in [0.4, 0.5) is 0 Å². The van der Waals surface area contributed by atoms with E-state index in [-0.39, 0.29) is 0 Å². The molecule has 0 atom stereocenters. The minimum absolute atomic E-state index is 0.705. The zero-order valence-electron chi connectivity index (χ0n) is 5.50. The minimum Gasteiger partial charge on any atom is -0.199 e. The molecule has 0 radical (unpaired) electrons. The van der Waals surface area contributed by atoms with E-state index in [0.717, 1.165) is 9.96 Å². The molecule has 52 valence electrons. The van der Waals surface area contributed by atoms with E-state index in [1.165, 1.54) is 11.5 Å². The first-order chi connectivity index (χ1) is 4.88. The van der Waals surface area contributed by atoms with Gasteiger partial charge in [-0.15, -0.1) is 11.8 Å². The van der Waals surface area contributed by atoms with E-state index < -0.39 is 0 Å². The summed E-state index contributed by atoms with van der Waals surface area (Å²) in [6, 6.07) is 2.09. The summed E-state index contributed by atoms with van der Waals surface area (Å²) in [6.45, 7) is 2.06. The van der Waals surface area contributed by atoms with Crippen molar-refractivity contribution in [1.29, 1.82) is 5.26 Å². The average molecular weight is 170 g/mol. The second kappa shape index (κ2) is 3.59. The molecule has 0 N–H and O–H groups in total. The highest BCUT2D eigenvalue weighted by atomic mass is 32.2. The predicted octanol–water partition coefficient (Wildman–Crippen LogP) is 2.13. The molecule has 0 amide bonds. The summed E-state index contributed by atoms with van der Waals surface area (Å²) in [7, 11) is 0. The maximum atomic E-state index is 8.54. The summed E-state index contributed by atoms with van der Waals surface area (Å²) in [5, 5.41) is 8.54. The van der Waals surface area contributed by atoms with Gasteiger partial charge in [-0.25, -0.2) is 0 Å². The van der Waals surface area contributed by atoms with Gasteiger partial charge in [0.15, 0.2) is 0 Å². The summed E-state index contributed by atoms with van der Waals surface area (Å²) in [5.41, 5.74) is 0.705. The number of hydrogen-bond donors (Lipinski definition) is 0. The molecule has 0 aliphatic heterocycles. The van der Waals surface area contributed by atoms with Crippen molar-refractivity contribution in [2.45, 2.75) is 11.1 Å². The highest BCUT2D eigenvalue weighted by molar-refractivity contribution is 8.01. The lowest BCUT2D eigenvalue weighted by Gasteiger charge is -1.88. The van der Waals surface area contributed by atoms with Crippen LogP contribution >= 0.6 is 23.3 Å². The summed E-state index contributed by atoms with van der Waals surface area (Å²) in [4.78, 5) is 0. The van der Waals surface area contributed by atoms with Gasteiger partial charge in [-0.1, -0.05) is 6.92 Å². The number of aromatic nitrogens is 1. The molecule has 0 aliphatic carbocycles. The highest BCUT2D eigenvalue weighted by Crippen LogP contribution is 2.25. The highest BCUT2D eigenvalue weighted by Gasteiger charge is 2.02. The molecule has 4 heteroatoms. The Hall–Kier alpha value is -0.530. The van der Waals surface area contributed by atoms with E-state index in [1.54, 1.807) is 18.0 Å². The Morgan fingerprint density at radius 1 is 1.90 bits per heavy atom. The third-order valence-corrected chi connectivity index (χ3v) is 2.88. The molecular weight excluding hydrogens is 164 g/mol. The van der Waals surface area contributed by atoms with Gasteiger partial charge in [0.25, 0.3) is 0 Å². The molecule has 0 unspecified atom stereocenters. The molecule has 0 saturated carbocycles. The van der Waals surface area contributed by atoms with Crippen LogP contribution in [-0.2, 0) is 0 Å². The number of hydrogen-bond acceptors (Lipinski definition) is 4. The maximum absolute atomic E-state index is 8.54. The third-order valence-electron chi connectivity index (χ3n) is 0.933. The van der Waals surface area contributed by atoms with Gasteiger partial charge in [-0.05, 0) is 17.3 Å². The standard InChI is InChI=1S/C6H6N2S2/c1-2-9-6-5(3-7)4-8-10-6/h4H,2H2,1H3. The Balaban J connectivity index is 2.82. The lowest BCUT2D eigenvalue weighted by atomic mass is 10.4. The fraction of sp³-hybridized carbons (Fsp3) is 0.333. The molecule has 0 bridgehead atoms. The van der Waals surface area contributed by atoms with E-state index in [4.69, 9.17) is 5.26 Å². The predicted molar refractivity (Wildman–Crippen MR) is 43.2 cm³/mol. The van der Waals surface area contributed by atoms with Crippen molar-refractivity contribution in [3.05, 3.63) is 11.8 Å². The summed E-state index contributed by atoms with van der Waals surface area (Å²) < 4.78 is 4.94. The van der Waals surface area contributed by atoms with Crippen molar-refractivity contribution in [1.82, 2.24) is 4.37 Å². The van der Waals surface area contributed by atoms with E-state index in [1.807, 2.05) is 0 Å². The summed E-state index contributed by atoms with van der Waals surface area (Å²) >= 11 is 3.06. The molecule has 1 heterocycles. The van der Waals surface area contributed by atoms with Gasteiger partial charge in [0.2, 0.25) is 0 Å². The van der Waals surface area contributed by atoms with Crippen molar-refractivity contribution in [3.63, 3.8) is 0 Å². The van der Waals surface area contributed by atoms with Gasteiger partial charge in [-0.2, -0.15) is 9.64 Å². The molecule has 0 aliphatic rings. The second-order valence-electron chi connectivity index (χ2n) is 1.57. The molecule has 0 aromatic carbocycles. The maximum Gasteiger partial charge on any atom is 0.103 e. The van der Waals surface area contributed by atoms with Gasteiger partial charge >= 0.3 is 0 Å². The van der Waals surface area contributed by atoms with Gasteiger partial charge in [0.05, 0.1) is 16.0 Å². The van der Waals surface area contributed by atoms with Gasteiger partial charge < -0.3 is 0 Å². The quantitative estimate of drug-likeness (QED) is 0.638. The van der Waals surface area contributed by atoms with Gasteiger partial charge in [-0.3, -0.25) is 0 Å². The number of nitriles is 1. The first kappa shape index (κ1) is 7.58. The van der Waals surface area contributed by atoms with Gasteiger partial charge in [0, 0.05) is 0 Å². The molecule has 2 nitrogen and oxygen atoms in total. The number of nitrogens with zero attached hydrogens (tertiary/aromatic N) is 2. The Labute approximate surface area is 68.0 Å². The topological polar surface area (TPSA) is 36.7 Å². The normalized spacial score (nSPS) is 9.20. The largest absolute Gasteiger partial charge is 0.199 e. The van der Waals surface area contributed by atoms with Crippen LogP contribution in [0, 0.1) is 11.3 Å². The Kier molecular flexibility index (Phi) is 2.72. The molecule has 1 aromatic heterocycles. The van der Waals surface area contributed by atoms with Crippen molar-refractivity contribution >= 4 is 23.3 Å². The summed E-state index contributed by atoms with van der Waals surface area (Å²) in [5.74, 6) is 0.997. The smallest absolute Gasteiger partial charge is 0.103 e. The number of rotatable bonds is 2. The Morgan fingerprint density at radius 3 is 3.30 bits per heavy atom. The lowest BCUT2D eigenvalue weighted by Crippen LogP contribution is -1.70. The molecule has 0 saturated heterocycles. The van der Waals surface area contributed by atoms with Crippen LogP contribution in [0.15, 0.2) is 10.4 Å². The molecule has 0 fully saturated rings. The zero-order chi connectivity index (χ0) is 7.40. The van der Waals surface area contributed by atoms with Crippen molar-refractivity contribution in [2.75, 3.05) is 5.75 Å². The Morgan fingerprint density at radius 2 is 2.70 bits per heavy atom. The van der Waals surface area contributed by atoms with Crippen LogP contribution in [0.2, 0.25) is 0 Å². The molecule has 1 rings (SSSR count). The third kappa shape index (κ3) is 1.49. The van der Waals surface area contributed by atoms with Crippen LogP contribution in [0.3, 0.4) is 0 Å². The van der Waals surface area contributed by atoms with Crippen molar-refractivity contribution in [3.8, 4) is 6.07 Å². The number of thioether (sulfide) groups is 1. The average Bonchev–Trinajstić information content (AvgIpc) is 2.36. The Bertz CT molecular complexity index is 248. The van der Waals surface area contributed by atoms with E-state index in [0.29, 0.717) is 5.56 Å². The van der Waals surface area contributed by atoms with Crippen LogP contribution in [-0.4, -0.2) is 10.1 Å². The molecule has 0 spiro atoms. The zero-order valence-corrected chi connectivity index (χ0v) is 7.13. The lowest BCUT2D eigenvalue weighted by molar-refractivity contribution is 1.43. The SMILES string of the molecule is CCSc1sncc1C#N. The van der Waals surface area contributed by atoms with E-state index >= 15 is 0 Å². The van der Waals surface area contributed by atoms with Crippen LogP contribution in [0.25, 0.3) is 0 Å². The van der Waals surface area contributed by atoms with Crippen molar-refractivity contribution < 1.29 is 0 Å². The first-order valence-corrected chi connectivity index (χ1v) is 4.62.